The molecule has 156 valence electrons. The molecule has 3 rings (SSSR count). The molecule has 2 aromatic rings. The van der Waals surface area contributed by atoms with Gasteiger partial charge in [-0.15, -0.1) is 24.8 Å². The Morgan fingerprint density at radius 2 is 2.14 bits per heavy atom. The second-order valence-electron chi connectivity index (χ2n) is 6.85. The average Bonchev–Trinajstić information content (AvgIpc) is 3.16. The molecule has 1 aliphatic heterocycles. The molecule has 1 aromatic carbocycles. The summed E-state index contributed by atoms with van der Waals surface area (Å²) in [6, 6.07) is 7.51. The number of carbonyl (C=O) groups excluding carboxylic acids is 1. The molecule has 0 bridgehead atoms. The van der Waals surface area contributed by atoms with Crippen molar-refractivity contribution >= 4 is 36.4 Å². The Kier molecular flexibility index (Phi) is 10.9. The Hall–Kier alpha value is -1.83. The molecule has 1 unspecified atom stereocenters. The standard InChI is InChI=1S/C19H27N5O2.2ClH/c1-15(16-5-7-20-8-6-16)11-19(25)23-17-3-2-4-18(12-17)26-10-9-24-14-21-13-22-24;;/h2-4,12-16,20H,5-11H2,1H3,(H,23,25);2*1H. The van der Waals surface area contributed by atoms with Crippen LogP contribution in [0.15, 0.2) is 36.9 Å². The Balaban J connectivity index is 0.00000196. The van der Waals surface area contributed by atoms with Crippen molar-refractivity contribution in [3.05, 3.63) is 36.9 Å². The van der Waals surface area contributed by atoms with Crippen molar-refractivity contribution in [1.29, 1.82) is 0 Å². The normalized spacial score (nSPS) is 15.0. The molecular formula is C19H29Cl2N5O2. The molecule has 1 aliphatic rings. The van der Waals surface area contributed by atoms with Gasteiger partial charge in [0.25, 0.3) is 0 Å². The first-order chi connectivity index (χ1) is 12.7. The van der Waals surface area contributed by atoms with Crippen molar-refractivity contribution < 1.29 is 9.53 Å². The largest absolute Gasteiger partial charge is 0.492 e. The zero-order chi connectivity index (χ0) is 18.2. The van der Waals surface area contributed by atoms with Crippen molar-refractivity contribution in [3.8, 4) is 5.75 Å². The fourth-order valence-corrected chi connectivity index (χ4v) is 3.35. The van der Waals surface area contributed by atoms with Crippen LogP contribution >= 0.6 is 24.8 Å². The van der Waals surface area contributed by atoms with E-state index >= 15 is 0 Å². The average molecular weight is 430 g/mol. The van der Waals surface area contributed by atoms with E-state index in [1.54, 1.807) is 11.0 Å². The molecule has 0 saturated carbocycles. The minimum absolute atomic E-state index is 0. The summed E-state index contributed by atoms with van der Waals surface area (Å²) in [4.78, 5) is 16.3. The van der Waals surface area contributed by atoms with Crippen LogP contribution in [0.25, 0.3) is 0 Å². The molecule has 9 heteroatoms. The fraction of sp³-hybridized carbons (Fsp3) is 0.526. The molecule has 1 atom stereocenters. The van der Waals surface area contributed by atoms with Gasteiger partial charge in [0.1, 0.15) is 25.0 Å². The lowest BCUT2D eigenvalue weighted by molar-refractivity contribution is -0.117. The van der Waals surface area contributed by atoms with E-state index in [1.807, 2.05) is 24.3 Å². The number of nitrogens with one attached hydrogen (secondary N) is 2. The number of hydrogen-bond donors (Lipinski definition) is 2. The van der Waals surface area contributed by atoms with Gasteiger partial charge in [-0.2, -0.15) is 5.10 Å². The summed E-state index contributed by atoms with van der Waals surface area (Å²) >= 11 is 0. The van der Waals surface area contributed by atoms with E-state index in [2.05, 4.69) is 27.6 Å². The summed E-state index contributed by atoms with van der Waals surface area (Å²) in [5.41, 5.74) is 0.769. The number of ether oxygens (including phenoxy) is 1. The Morgan fingerprint density at radius 1 is 1.36 bits per heavy atom. The van der Waals surface area contributed by atoms with Crippen molar-refractivity contribution in [2.75, 3.05) is 25.0 Å². The Morgan fingerprint density at radius 3 is 2.86 bits per heavy atom. The van der Waals surface area contributed by atoms with Crippen LogP contribution < -0.4 is 15.4 Å². The number of halogens is 2. The highest BCUT2D eigenvalue weighted by Gasteiger charge is 2.22. The zero-order valence-corrected chi connectivity index (χ0v) is 17.7. The second-order valence-corrected chi connectivity index (χ2v) is 6.85. The highest BCUT2D eigenvalue weighted by atomic mass is 35.5. The first-order valence-electron chi connectivity index (χ1n) is 9.26. The van der Waals surface area contributed by atoms with E-state index in [0.29, 0.717) is 31.4 Å². The predicted molar refractivity (Wildman–Crippen MR) is 114 cm³/mol. The summed E-state index contributed by atoms with van der Waals surface area (Å²) in [5.74, 6) is 1.83. The van der Waals surface area contributed by atoms with Gasteiger partial charge >= 0.3 is 0 Å². The smallest absolute Gasteiger partial charge is 0.224 e. The van der Waals surface area contributed by atoms with Crippen molar-refractivity contribution in [2.24, 2.45) is 11.8 Å². The van der Waals surface area contributed by atoms with Crippen molar-refractivity contribution in [1.82, 2.24) is 20.1 Å². The third-order valence-electron chi connectivity index (χ3n) is 4.87. The van der Waals surface area contributed by atoms with E-state index in [9.17, 15) is 4.79 Å². The number of piperidine rings is 1. The molecule has 0 radical (unpaired) electrons. The van der Waals surface area contributed by atoms with Gasteiger partial charge in [0.05, 0.1) is 6.54 Å². The number of carbonyl (C=O) groups is 1. The number of benzene rings is 1. The lowest BCUT2D eigenvalue weighted by atomic mass is 9.84. The number of anilines is 1. The van der Waals surface area contributed by atoms with Gasteiger partial charge in [-0.05, 0) is 49.9 Å². The maximum atomic E-state index is 12.4. The van der Waals surface area contributed by atoms with Gasteiger partial charge in [0.15, 0.2) is 0 Å². The maximum Gasteiger partial charge on any atom is 0.224 e. The lowest BCUT2D eigenvalue weighted by Gasteiger charge is -2.27. The number of amides is 1. The molecule has 2 N–H and O–H groups in total. The molecule has 1 amide bonds. The van der Waals surface area contributed by atoms with E-state index < -0.39 is 0 Å². The van der Waals surface area contributed by atoms with E-state index in [-0.39, 0.29) is 30.7 Å². The minimum atomic E-state index is 0. The van der Waals surface area contributed by atoms with Crippen LogP contribution in [-0.4, -0.2) is 40.4 Å². The Bertz CT molecular complexity index is 693. The van der Waals surface area contributed by atoms with E-state index in [0.717, 1.165) is 37.4 Å². The third-order valence-corrected chi connectivity index (χ3v) is 4.87. The minimum Gasteiger partial charge on any atom is -0.492 e. The SMILES string of the molecule is CC(CC(=O)Nc1cccc(OCCn2cncn2)c1)C1CCNCC1.Cl.Cl. The van der Waals surface area contributed by atoms with Gasteiger partial charge in [-0.3, -0.25) is 4.79 Å². The van der Waals surface area contributed by atoms with Gasteiger partial charge in [0.2, 0.25) is 5.91 Å². The zero-order valence-electron chi connectivity index (χ0n) is 16.0. The first kappa shape index (κ1) is 24.2. The summed E-state index contributed by atoms with van der Waals surface area (Å²) < 4.78 is 7.45. The molecule has 0 spiro atoms. The second kappa shape index (κ2) is 12.6. The number of hydrogen-bond acceptors (Lipinski definition) is 5. The van der Waals surface area contributed by atoms with Crippen LogP contribution in [0, 0.1) is 11.8 Å². The molecule has 1 aromatic heterocycles. The third kappa shape index (κ3) is 7.66. The van der Waals surface area contributed by atoms with E-state index in [1.165, 1.54) is 6.33 Å². The molecule has 2 heterocycles. The van der Waals surface area contributed by atoms with Gasteiger partial charge in [-0.1, -0.05) is 13.0 Å². The quantitative estimate of drug-likeness (QED) is 0.673. The summed E-state index contributed by atoms with van der Waals surface area (Å²) in [5, 5.41) is 10.4. The highest BCUT2D eigenvalue weighted by Crippen LogP contribution is 2.25. The van der Waals surface area contributed by atoms with Crippen molar-refractivity contribution in [3.63, 3.8) is 0 Å². The van der Waals surface area contributed by atoms with Gasteiger partial charge in [0, 0.05) is 18.2 Å². The molecule has 1 saturated heterocycles. The van der Waals surface area contributed by atoms with E-state index in [4.69, 9.17) is 4.74 Å². The van der Waals surface area contributed by atoms with Crippen LogP contribution in [0.1, 0.15) is 26.2 Å². The monoisotopic (exact) mass is 429 g/mol. The van der Waals surface area contributed by atoms with Crippen molar-refractivity contribution in [2.45, 2.75) is 32.7 Å². The maximum absolute atomic E-state index is 12.4. The number of nitrogens with zero attached hydrogens (tertiary/aromatic N) is 3. The van der Waals surface area contributed by atoms with Crippen LogP contribution in [0.4, 0.5) is 5.69 Å². The van der Waals surface area contributed by atoms with Crippen LogP contribution in [0.5, 0.6) is 5.75 Å². The fourth-order valence-electron chi connectivity index (χ4n) is 3.35. The molecular weight excluding hydrogens is 401 g/mol. The molecule has 28 heavy (non-hydrogen) atoms. The van der Waals surface area contributed by atoms with Gasteiger partial charge < -0.3 is 15.4 Å². The summed E-state index contributed by atoms with van der Waals surface area (Å²) in [6.07, 6.45) is 6.03. The highest BCUT2D eigenvalue weighted by molar-refractivity contribution is 5.91. The lowest BCUT2D eigenvalue weighted by Crippen LogP contribution is -2.32. The topological polar surface area (TPSA) is 81.1 Å². The van der Waals surface area contributed by atoms with Crippen LogP contribution in [-0.2, 0) is 11.3 Å². The predicted octanol–water partition coefficient (Wildman–Crippen LogP) is 3.17. The van der Waals surface area contributed by atoms with Crippen LogP contribution in [0.3, 0.4) is 0 Å². The van der Waals surface area contributed by atoms with Crippen LogP contribution in [0.2, 0.25) is 0 Å². The molecule has 7 nitrogen and oxygen atoms in total. The number of aromatic nitrogens is 3. The molecule has 0 aliphatic carbocycles. The van der Waals surface area contributed by atoms with Gasteiger partial charge in [-0.25, -0.2) is 9.67 Å². The number of rotatable bonds is 8. The summed E-state index contributed by atoms with van der Waals surface area (Å²) in [6.45, 7) is 5.42. The molecule has 1 fully saturated rings. The summed E-state index contributed by atoms with van der Waals surface area (Å²) in [7, 11) is 0. The Labute approximate surface area is 178 Å². The first-order valence-corrected chi connectivity index (χ1v) is 9.26.